The van der Waals surface area contributed by atoms with Crippen molar-refractivity contribution in [2.75, 3.05) is 19.6 Å². The average Bonchev–Trinajstić information content (AvgIpc) is 2.41. The maximum absolute atomic E-state index is 12.2. The summed E-state index contributed by atoms with van der Waals surface area (Å²) in [5.74, 6) is 0.0368. The van der Waals surface area contributed by atoms with Crippen molar-refractivity contribution < 1.29 is 9.59 Å². The molecule has 5 N–H and O–H groups in total. The van der Waals surface area contributed by atoms with Gasteiger partial charge in [0.1, 0.15) is 0 Å². The maximum atomic E-state index is 12.2. The summed E-state index contributed by atoms with van der Waals surface area (Å²) in [4.78, 5) is 25.1. The zero-order valence-electron chi connectivity index (χ0n) is 12.0. The fourth-order valence-corrected chi connectivity index (χ4v) is 3.16. The fraction of sp³-hybridized carbons (Fsp3) is 0.857. The summed E-state index contributed by atoms with van der Waals surface area (Å²) in [7, 11) is 0. The van der Waals surface area contributed by atoms with Crippen LogP contribution < -0.4 is 16.8 Å². The van der Waals surface area contributed by atoms with E-state index in [9.17, 15) is 9.59 Å². The summed E-state index contributed by atoms with van der Waals surface area (Å²) in [6.45, 7) is 1.97. The first kappa shape index (κ1) is 15.3. The molecule has 0 radical (unpaired) electrons. The Balaban J connectivity index is 1.69. The van der Waals surface area contributed by atoms with Crippen molar-refractivity contribution >= 4 is 11.8 Å². The Hall–Kier alpha value is -1.14. The van der Waals surface area contributed by atoms with Crippen LogP contribution in [0, 0.1) is 5.92 Å². The second kappa shape index (κ2) is 7.04. The molecule has 0 aromatic rings. The number of nitrogens with zero attached hydrogens (tertiary/aromatic N) is 1. The summed E-state index contributed by atoms with van der Waals surface area (Å²) in [5.41, 5.74) is 11.0. The van der Waals surface area contributed by atoms with Crippen LogP contribution in [0.3, 0.4) is 0 Å². The molecule has 20 heavy (non-hydrogen) atoms. The molecule has 6 nitrogen and oxygen atoms in total. The van der Waals surface area contributed by atoms with Gasteiger partial charge in [0.05, 0.1) is 6.54 Å². The Labute approximate surface area is 120 Å². The highest BCUT2D eigenvalue weighted by atomic mass is 16.2. The molecule has 0 atom stereocenters. The molecule has 1 saturated carbocycles. The molecular formula is C14H26N4O2. The Morgan fingerprint density at radius 3 is 2.20 bits per heavy atom. The molecule has 0 unspecified atom stereocenters. The molecule has 0 bridgehead atoms. The van der Waals surface area contributed by atoms with Crippen LogP contribution in [-0.2, 0) is 9.59 Å². The van der Waals surface area contributed by atoms with Crippen molar-refractivity contribution in [1.82, 2.24) is 10.2 Å². The number of carbonyl (C=O) groups is 2. The second-order valence-corrected chi connectivity index (χ2v) is 6.14. The number of hydrogen-bond donors (Lipinski definition) is 3. The van der Waals surface area contributed by atoms with Crippen molar-refractivity contribution in [1.29, 1.82) is 0 Å². The number of hydrogen-bond acceptors (Lipinski definition) is 4. The van der Waals surface area contributed by atoms with Gasteiger partial charge in [-0.05, 0) is 38.5 Å². The number of rotatable bonds is 4. The summed E-state index contributed by atoms with van der Waals surface area (Å²) < 4.78 is 0. The number of nitrogens with two attached hydrogens (primary N) is 2. The lowest BCUT2D eigenvalue weighted by atomic mass is 9.85. The SMILES string of the molecule is NC(=O)CN1CCC(NC(=O)C2CCC(N)CC2)CC1. The minimum atomic E-state index is -0.286. The first-order chi connectivity index (χ1) is 9.54. The van der Waals surface area contributed by atoms with Gasteiger partial charge in [0, 0.05) is 31.1 Å². The van der Waals surface area contributed by atoms with E-state index in [1.807, 2.05) is 4.90 Å². The van der Waals surface area contributed by atoms with Crippen molar-refractivity contribution in [2.45, 2.75) is 50.6 Å². The third-order valence-corrected chi connectivity index (χ3v) is 4.46. The van der Waals surface area contributed by atoms with E-state index < -0.39 is 0 Å². The van der Waals surface area contributed by atoms with Crippen LogP contribution in [-0.4, -0.2) is 48.4 Å². The smallest absolute Gasteiger partial charge is 0.231 e. The number of piperidine rings is 1. The van der Waals surface area contributed by atoms with Crippen molar-refractivity contribution in [2.24, 2.45) is 17.4 Å². The largest absolute Gasteiger partial charge is 0.369 e. The molecule has 0 aromatic carbocycles. The van der Waals surface area contributed by atoms with Crippen LogP contribution in [0.25, 0.3) is 0 Å². The number of likely N-dealkylation sites (tertiary alicyclic amines) is 1. The van der Waals surface area contributed by atoms with E-state index in [1.165, 1.54) is 0 Å². The van der Waals surface area contributed by atoms with Gasteiger partial charge >= 0.3 is 0 Å². The minimum Gasteiger partial charge on any atom is -0.369 e. The molecular weight excluding hydrogens is 256 g/mol. The molecule has 2 fully saturated rings. The first-order valence-corrected chi connectivity index (χ1v) is 7.61. The van der Waals surface area contributed by atoms with Gasteiger partial charge in [0.25, 0.3) is 0 Å². The second-order valence-electron chi connectivity index (χ2n) is 6.14. The van der Waals surface area contributed by atoms with E-state index in [-0.39, 0.29) is 29.8 Å². The van der Waals surface area contributed by atoms with Crippen LogP contribution in [0.5, 0.6) is 0 Å². The van der Waals surface area contributed by atoms with Crippen LogP contribution in [0.15, 0.2) is 0 Å². The van der Waals surface area contributed by atoms with Crippen molar-refractivity contribution in [3.05, 3.63) is 0 Å². The Morgan fingerprint density at radius 1 is 1.05 bits per heavy atom. The van der Waals surface area contributed by atoms with Crippen molar-refractivity contribution in [3.8, 4) is 0 Å². The molecule has 114 valence electrons. The fourth-order valence-electron chi connectivity index (χ4n) is 3.16. The van der Waals surface area contributed by atoms with E-state index >= 15 is 0 Å². The zero-order chi connectivity index (χ0) is 14.5. The average molecular weight is 282 g/mol. The highest BCUT2D eigenvalue weighted by Crippen LogP contribution is 2.23. The highest BCUT2D eigenvalue weighted by molar-refractivity contribution is 5.79. The highest BCUT2D eigenvalue weighted by Gasteiger charge is 2.27. The Morgan fingerprint density at radius 2 is 1.65 bits per heavy atom. The monoisotopic (exact) mass is 282 g/mol. The number of primary amides is 1. The predicted molar refractivity (Wildman–Crippen MR) is 76.7 cm³/mol. The van der Waals surface area contributed by atoms with Gasteiger partial charge in [0.15, 0.2) is 0 Å². The van der Waals surface area contributed by atoms with Gasteiger partial charge in [0.2, 0.25) is 11.8 Å². The van der Waals surface area contributed by atoms with Gasteiger partial charge in [-0.1, -0.05) is 0 Å². The molecule has 2 amide bonds. The quantitative estimate of drug-likeness (QED) is 0.651. The van der Waals surface area contributed by atoms with E-state index in [2.05, 4.69) is 5.32 Å². The van der Waals surface area contributed by atoms with Gasteiger partial charge in [-0.15, -0.1) is 0 Å². The van der Waals surface area contributed by atoms with Crippen molar-refractivity contribution in [3.63, 3.8) is 0 Å². The zero-order valence-corrected chi connectivity index (χ0v) is 12.0. The lowest BCUT2D eigenvalue weighted by molar-refractivity contribution is -0.127. The summed E-state index contributed by atoms with van der Waals surface area (Å²) in [6.07, 6.45) is 5.52. The van der Waals surface area contributed by atoms with E-state index in [0.29, 0.717) is 6.54 Å². The van der Waals surface area contributed by atoms with E-state index in [0.717, 1.165) is 51.6 Å². The van der Waals surface area contributed by atoms with Crippen LogP contribution in [0.4, 0.5) is 0 Å². The molecule has 1 heterocycles. The van der Waals surface area contributed by atoms with Crippen LogP contribution in [0.1, 0.15) is 38.5 Å². The normalized spacial score (nSPS) is 29.1. The van der Waals surface area contributed by atoms with Gasteiger partial charge in [-0.3, -0.25) is 14.5 Å². The lowest BCUT2D eigenvalue weighted by Crippen LogP contribution is -2.48. The molecule has 0 spiro atoms. The lowest BCUT2D eigenvalue weighted by Gasteiger charge is -2.33. The molecule has 2 aliphatic rings. The number of carbonyl (C=O) groups excluding carboxylic acids is 2. The summed E-state index contributed by atoms with van der Waals surface area (Å²) in [5, 5.41) is 3.15. The number of amides is 2. The Kier molecular flexibility index (Phi) is 5.37. The molecule has 1 saturated heterocycles. The molecule has 1 aliphatic heterocycles. The standard InChI is InChI=1S/C14H26N4O2/c15-11-3-1-10(2-4-11)14(20)17-12-5-7-18(8-6-12)9-13(16)19/h10-12H,1-9,15H2,(H2,16,19)(H,17,20). The van der Waals surface area contributed by atoms with Crippen LogP contribution >= 0.6 is 0 Å². The number of nitrogens with one attached hydrogen (secondary N) is 1. The topological polar surface area (TPSA) is 101 Å². The third-order valence-electron chi connectivity index (χ3n) is 4.46. The molecule has 6 heteroatoms. The molecule has 2 rings (SSSR count). The first-order valence-electron chi connectivity index (χ1n) is 7.61. The predicted octanol–water partition coefficient (Wildman–Crippen LogP) is -0.430. The van der Waals surface area contributed by atoms with Gasteiger partial charge < -0.3 is 16.8 Å². The third kappa shape index (κ3) is 4.45. The molecule has 0 aromatic heterocycles. The van der Waals surface area contributed by atoms with Crippen LogP contribution in [0.2, 0.25) is 0 Å². The van der Waals surface area contributed by atoms with E-state index in [1.54, 1.807) is 0 Å². The summed E-state index contributed by atoms with van der Waals surface area (Å²) in [6, 6.07) is 0.512. The molecule has 1 aliphatic carbocycles. The summed E-state index contributed by atoms with van der Waals surface area (Å²) >= 11 is 0. The van der Waals surface area contributed by atoms with Gasteiger partial charge in [-0.2, -0.15) is 0 Å². The van der Waals surface area contributed by atoms with Gasteiger partial charge in [-0.25, -0.2) is 0 Å². The maximum Gasteiger partial charge on any atom is 0.231 e. The minimum absolute atomic E-state index is 0.137. The Bertz CT molecular complexity index is 345. The van der Waals surface area contributed by atoms with E-state index in [4.69, 9.17) is 11.5 Å².